The average molecular weight is 337 g/mol. The summed E-state index contributed by atoms with van der Waals surface area (Å²) < 4.78 is 5.70. The lowest BCUT2D eigenvalue weighted by Crippen LogP contribution is -2.38. The average Bonchev–Trinajstić information content (AvgIpc) is 3.10. The van der Waals surface area contributed by atoms with Crippen LogP contribution in [0.3, 0.4) is 0 Å². The van der Waals surface area contributed by atoms with E-state index in [-0.39, 0.29) is 5.91 Å². The molecule has 1 N–H and O–H groups in total. The molecule has 0 bridgehead atoms. The standard InChI is InChI=1S/C22H27NO2/c1-4-25-20-16(2)14-19(15-17(20)3)23-21(24)22(12-8-9-13-22)18-10-6-5-7-11-18/h5-7,10-11,14-15H,4,8-9,12-13H2,1-3H3,(H,23,24). The lowest BCUT2D eigenvalue weighted by Gasteiger charge is -2.28. The molecule has 3 rings (SSSR count). The van der Waals surface area contributed by atoms with Crippen LogP contribution in [0.4, 0.5) is 5.69 Å². The Balaban J connectivity index is 1.88. The normalized spacial score (nSPS) is 15.8. The van der Waals surface area contributed by atoms with E-state index in [1.54, 1.807) is 0 Å². The maximum Gasteiger partial charge on any atom is 0.235 e. The maximum atomic E-state index is 13.2. The Kier molecular flexibility index (Phi) is 5.12. The summed E-state index contributed by atoms with van der Waals surface area (Å²) in [6, 6.07) is 14.2. The fourth-order valence-corrected chi connectivity index (χ4v) is 4.03. The van der Waals surface area contributed by atoms with Gasteiger partial charge < -0.3 is 10.1 Å². The minimum absolute atomic E-state index is 0.110. The van der Waals surface area contributed by atoms with Crippen molar-refractivity contribution >= 4 is 11.6 Å². The molecule has 1 aliphatic carbocycles. The van der Waals surface area contributed by atoms with Crippen LogP contribution >= 0.6 is 0 Å². The molecule has 1 saturated carbocycles. The number of rotatable bonds is 5. The SMILES string of the molecule is CCOc1c(C)cc(NC(=O)C2(c3ccccc3)CCCC2)cc1C. The predicted molar refractivity (Wildman–Crippen MR) is 102 cm³/mol. The third-order valence-corrected chi connectivity index (χ3v) is 5.23. The smallest absolute Gasteiger partial charge is 0.235 e. The molecule has 0 aliphatic heterocycles. The van der Waals surface area contributed by atoms with Gasteiger partial charge in [0.2, 0.25) is 5.91 Å². The van der Waals surface area contributed by atoms with Crippen LogP contribution in [0.1, 0.15) is 49.3 Å². The van der Waals surface area contributed by atoms with Crippen molar-refractivity contribution in [1.29, 1.82) is 0 Å². The fraction of sp³-hybridized carbons (Fsp3) is 0.409. The first-order chi connectivity index (χ1) is 12.1. The number of carbonyl (C=O) groups is 1. The number of hydrogen-bond acceptors (Lipinski definition) is 2. The van der Waals surface area contributed by atoms with Gasteiger partial charge in [0.25, 0.3) is 0 Å². The molecule has 0 saturated heterocycles. The molecule has 3 nitrogen and oxygen atoms in total. The molecular formula is C22H27NO2. The van der Waals surface area contributed by atoms with E-state index in [9.17, 15) is 4.79 Å². The summed E-state index contributed by atoms with van der Waals surface area (Å²) in [6.45, 7) is 6.68. The molecule has 0 radical (unpaired) electrons. The Morgan fingerprint density at radius 3 is 2.24 bits per heavy atom. The van der Waals surface area contributed by atoms with E-state index < -0.39 is 5.41 Å². The number of anilines is 1. The van der Waals surface area contributed by atoms with Crippen molar-refractivity contribution in [3.63, 3.8) is 0 Å². The summed E-state index contributed by atoms with van der Waals surface area (Å²) in [7, 11) is 0. The van der Waals surface area contributed by atoms with Crippen molar-refractivity contribution in [1.82, 2.24) is 0 Å². The van der Waals surface area contributed by atoms with Gasteiger partial charge >= 0.3 is 0 Å². The van der Waals surface area contributed by atoms with Crippen molar-refractivity contribution in [3.8, 4) is 5.75 Å². The van der Waals surface area contributed by atoms with Crippen molar-refractivity contribution in [2.24, 2.45) is 0 Å². The summed E-state index contributed by atoms with van der Waals surface area (Å²) in [5.41, 5.74) is 3.69. The zero-order valence-corrected chi connectivity index (χ0v) is 15.4. The van der Waals surface area contributed by atoms with Gasteiger partial charge in [-0.1, -0.05) is 43.2 Å². The molecule has 1 amide bonds. The van der Waals surface area contributed by atoms with Crippen molar-refractivity contribution in [3.05, 3.63) is 59.2 Å². The van der Waals surface area contributed by atoms with E-state index in [0.717, 1.165) is 53.8 Å². The van der Waals surface area contributed by atoms with E-state index in [0.29, 0.717) is 6.61 Å². The van der Waals surface area contributed by atoms with E-state index in [4.69, 9.17) is 4.74 Å². The third-order valence-electron chi connectivity index (χ3n) is 5.23. The van der Waals surface area contributed by atoms with Gasteiger partial charge in [-0.15, -0.1) is 0 Å². The number of aryl methyl sites for hydroxylation is 2. The van der Waals surface area contributed by atoms with Gasteiger partial charge in [0.1, 0.15) is 5.75 Å². The van der Waals surface area contributed by atoms with E-state index in [1.165, 1.54) is 0 Å². The summed E-state index contributed by atoms with van der Waals surface area (Å²) in [6.07, 6.45) is 4.03. The molecule has 0 unspecified atom stereocenters. The molecule has 0 atom stereocenters. The van der Waals surface area contributed by atoms with Crippen LogP contribution in [0.25, 0.3) is 0 Å². The second-order valence-corrected chi connectivity index (χ2v) is 6.98. The van der Waals surface area contributed by atoms with Crippen LogP contribution in [-0.4, -0.2) is 12.5 Å². The van der Waals surface area contributed by atoms with Gasteiger partial charge in [-0.05, 0) is 62.4 Å². The fourth-order valence-electron chi connectivity index (χ4n) is 4.03. The molecule has 2 aromatic rings. The monoisotopic (exact) mass is 337 g/mol. The molecule has 0 heterocycles. The topological polar surface area (TPSA) is 38.3 Å². The molecule has 25 heavy (non-hydrogen) atoms. The number of carbonyl (C=O) groups excluding carboxylic acids is 1. The number of benzene rings is 2. The van der Waals surface area contributed by atoms with Crippen LogP contribution in [-0.2, 0) is 10.2 Å². The number of nitrogens with one attached hydrogen (secondary N) is 1. The van der Waals surface area contributed by atoms with E-state index >= 15 is 0 Å². The minimum Gasteiger partial charge on any atom is -0.493 e. The quantitative estimate of drug-likeness (QED) is 0.819. The lowest BCUT2D eigenvalue weighted by atomic mass is 9.78. The molecular weight excluding hydrogens is 310 g/mol. The summed E-state index contributed by atoms with van der Waals surface area (Å²) in [4.78, 5) is 13.2. The Labute approximate surface area is 150 Å². The number of amides is 1. The van der Waals surface area contributed by atoms with Gasteiger partial charge in [0, 0.05) is 5.69 Å². The van der Waals surface area contributed by atoms with Gasteiger partial charge in [0.05, 0.1) is 12.0 Å². The second-order valence-electron chi connectivity index (χ2n) is 6.98. The second kappa shape index (κ2) is 7.30. The van der Waals surface area contributed by atoms with E-state index in [1.807, 2.05) is 51.1 Å². The van der Waals surface area contributed by atoms with E-state index in [2.05, 4.69) is 17.4 Å². The Morgan fingerprint density at radius 2 is 1.68 bits per heavy atom. The van der Waals surface area contributed by atoms with Crippen molar-refractivity contribution < 1.29 is 9.53 Å². The molecule has 1 fully saturated rings. The summed E-state index contributed by atoms with van der Waals surface area (Å²) >= 11 is 0. The Hall–Kier alpha value is -2.29. The highest BCUT2D eigenvalue weighted by molar-refractivity contribution is 5.99. The highest BCUT2D eigenvalue weighted by Gasteiger charge is 2.42. The van der Waals surface area contributed by atoms with Crippen LogP contribution < -0.4 is 10.1 Å². The predicted octanol–water partition coefficient (Wildman–Crippen LogP) is 5.15. The van der Waals surface area contributed by atoms with Crippen LogP contribution in [0.2, 0.25) is 0 Å². The first-order valence-corrected chi connectivity index (χ1v) is 9.18. The third kappa shape index (κ3) is 3.41. The minimum atomic E-state index is -0.401. The highest BCUT2D eigenvalue weighted by Crippen LogP contribution is 2.42. The summed E-state index contributed by atoms with van der Waals surface area (Å²) in [5.74, 6) is 1.03. The molecule has 3 heteroatoms. The van der Waals surface area contributed by atoms with Gasteiger partial charge in [-0.25, -0.2) is 0 Å². The molecule has 0 aromatic heterocycles. The van der Waals surface area contributed by atoms with Gasteiger partial charge in [-0.2, -0.15) is 0 Å². The Bertz CT molecular complexity index is 723. The zero-order valence-electron chi connectivity index (χ0n) is 15.4. The van der Waals surface area contributed by atoms with Crippen LogP contribution in [0, 0.1) is 13.8 Å². The lowest BCUT2D eigenvalue weighted by molar-refractivity contribution is -0.121. The first kappa shape index (κ1) is 17.5. The van der Waals surface area contributed by atoms with Crippen LogP contribution in [0.15, 0.2) is 42.5 Å². The Morgan fingerprint density at radius 1 is 1.08 bits per heavy atom. The van der Waals surface area contributed by atoms with Crippen molar-refractivity contribution in [2.75, 3.05) is 11.9 Å². The molecule has 132 valence electrons. The summed E-state index contributed by atoms with van der Waals surface area (Å²) in [5, 5.41) is 3.18. The highest BCUT2D eigenvalue weighted by atomic mass is 16.5. The number of hydrogen-bond donors (Lipinski definition) is 1. The zero-order chi connectivity index (χ0) is 17.9. The molecule has 0 spiro atoms. The molecule has 2 aromatic carbocycles. The van der Waals surface area contributed by atoms with Gasteiger partial charge in [0.15, 0.2) is 0 Å². The van der Waals surface area contributed by atoms with Crippen LogP contribution in [0.5, 0.6) is 5.75 Å². The molecule has 1 aliphatic rings. The van der Waals surface area contributed by atoms with Crippen molar-refractivity contribution in [2.45, 2.75) is 51.9 Å². The largest absolute Gasteiger partial charge is 0.493 e. The first-order valence-electron chi connectivity index (χ1n) is 9.18. The van der Waals surface area contributed by atoms with Gasteiger partial charge in [-0.3, -0.25) is 4.79 Å². The maximum absolute atomic E-state index is 13.2. The number of ether oxygens (including phenoxy) is 1.